The first-order valence-corrected chi connectivity index (χ1v) is 9.68. The highest BCUT2D eigenvalue weighted by molar-refractivity contribution is 5.94. The molecule has 0 aromatic rings. The van der Waals surface area contributed by atoms with Gasteiger partial charge in [0.1, 0.15) is 0 Å². The predicted octanol–water partition coefficient (Wildman–Crippen LogP) is 4.50. The van der Waals surface area contributed by atoms with E-state index in [4.69, 9.17) is 5.11 Å². The summed E-state index contributed by atoms with van der Waals surface area (Å²) < 4.78 is 0. The van der Waals surface area contributed by atoms with Gasteiger partial charge in [-0.3, -0.25) is 9.59 Å². The van der Waals surface area contributed by atoms with Crippen molar-refractivity contribution >= 4 is 11.8 Å². The summed E-state index contributed by atoms with van der Waals surface area (Å²) in [4.78, 5) is 22.5. The molecule has 1 aliphatic rings. The van der Waals surface area contributed by atoms with Crippen molar-refractivity contribution in [2.24, 2.45) is 11.8 Å². The summed E-state index contributed by atoms with van der Waals surface area (Å²) in [6.07, 6.45) is 14.3. The molecular weight excluding hydrogens is 304 g/mol. The van der Waals surface area contributed by atoms with E-state index in [0.29, 0.717) is 6.42 Å². The maximum absolute atomic E-state index is 12.0. The number of aliphatic hydroxyl groups excluding tert-OH is 1. The molecule has 0 saturated heterocycles. The number of carboxylic acids is 1. The van der Waals surface area contributed by atoms with Crippen LogP contribution in [0, 0.1) is 11.8 Å². The molecule has 0 heterocycles. The first-order chi connectivity index (χ1) is 11.6. The number of hydrogen-bond acceptors (Lipinski definition) is 3. The van der Waals surface area contributed by atoms with Crippen LogP contribution in [-0.4, -0.2) is 28.1 Å². The molecule has 0 radical (unpaired) electrons. The molecule has 0 aromatic heterocycles. The van der Waals surface area contributed by atoms with Gasteiger partial charge in [-0.2, -0.15) is 0 Å². The Morgan fingerprint density at radius 2 is 1.75 bits per heavy atom. The van der Waals surface area contributed by atoms with Crippen LogP contribution in [-0.2, 0) is 9.59 Å². The van der Waals surface area contributed by atoms with Crippen LogP contribution >= 0.6 is 0 Å². The van der Waals surface area contributed by atoms with Crippen molar-refractivity contribution in [1.82, 2.24) is 0 Å². The zero-order valence-electron chi connectivity index (χ0n) is 15.1. The fourth-order valence-corrected chi connectivity index (χ4v) is 3.53. The normalized spacial score (nSPS) is 21.3. The SMILES string of the molecule is CCCCCCCC(O)C1C=CC(=O)C1CCCCCCC(=O)O. The minimum absolute atomic E-state index is 0.0253. The summed E-state index contributed by atoms with van der Waals surface area (Å²) in [6, 6.07) is 0. The van der Waals surface area contributed by atoms with Crippen LogP contribution in [0.4, 0.5) is 0 Å². The third-order valence-corrected chi connectivity index (χ3v) is 5.02. The number of carbonyl (C=O) groups excluding carboxylic acids is 1. The molecule has 4 nitrogen and oxygen atoms in total. The molecular formula is C20H34O4. The Kier molecular flexibility index (Phi) is 10.6. The van der Waals surface area contributed by atoms with Gasteiger partial charge >= 0.3 is 5.97 Å². The Morgan fingerprint density at radius 1 is 1.08 bits per heavy atom. The Hall–Kier alpha value is -1.16. The Labute approximate surface area is 146 Å². The monoisotopic (exact) mass is 338 g/mol. The topological polar surface area (TPSA) is 74.6 Å². The standard InChI is InChI=1S/C20H34O4/c1-2-3-4-5-9-12-18(21)17-14-15-19(22)16(17)11-8-6-7-10-13-20(23)24/h14-18,21H,2-13H2,1H3,(H,23,24). The fourth-order valence-electron chi connectivity index (χ4n) is 3.53. The van der Waals surface area contributed by atoms with Crippen LogP contribution in [0.1, 0.15) is 84.0 Å². The van der Waals surface area contributed by atoms with Crippen molar-refractivity contribution in [2.75, 3.05) is 0 Å². The molecule has 0 saturated carbocycles. The smallest absolute Gasteiger partial charge is 0.303 e. The molecule has 0 bridgehead atoms. The van der Waals surface area contributed by atoms with Crippen LogP contribution < -0.4 is 0 Å². The quantitative estimate of drug-likeness (QED) is 0.457. The molecule has 138 valence electrons. The minimum Gasteiger partial charge on any atom is -0.481 e. The van der Waals surface area contributed by atoms with E-state index < -0.39 is 12.1 Å². The van der Waals surface area contributed by atoms with Gasteiger partial charge in [0.2, 0.25) is 0 Å². The van der Waals surface area contributed by atoms with E-state index in [1.165, 1.54) is 19.3 Å². The van der Waals surface area contributed by atoms with Crippen LogP contribution in [0.2, 0.25) is 0 Å². The second-order valence-electron chi connectivity index (χ2n) is 7.06. The van der Waals surface area contributed by atoms with Crippen molar-refractivity contribution in [3.8, 4) is 0 Å². The number of unbranched alkanes of at least 4 members (excludes halogenated alkanes) is 7. The van der Waals surface area contributed by atoms with Gasteiger partial charge in [-0.25, -0.2) is 0 Å². The van der Waals surface area contributed by atoms with Crippen LogP contribution in [0.3, 0.4) is 0 Å². The molecule has 2 N–H and O–H groups in total. The maximum atomic E-state index is 12.0. The van der Waals surface area contributed by atoms with E-state index in [0.717, 1.165) is 44.9 Å². The lowest BCUT2D eigenvalue weighted by atomic mass is 9.84. The minimum atomic E-state index is -0.743. The molecule has 0 fully saturated rings. The zero-order chi connectivity index (χ0) is 17.8. The summed E-state index contributed by atoms with van der Waals surface area (Å²) in [5.41, 5.74) is 0. The van der Waals surface area contributed by atoms with E-state index in [2.05, 4.69) is 6.92 Å². The Balaban J connectivity index is 2.24. The van der Waals surface area contributed by atoms with E-state index in [9.17, 15) is 14.7 Å². The van der Waals surface area contributed by atoms with Gasteiger partial charge in [-0.05, 0) is 25.3 Å². The number of allylic oxidation sites excluding steroid dienone is 1. The molecule has 3 atom stereocenters. The summed E-state index contributed by atoms with van der Waals surface area (Å²) in [6.45, 7) is 2.19. The number of aliphatic carboxylic acids is 1. The Bertz CT molecular complexity index is 402. The van der Waals surface area contributed by atoms with Gasteiger partial charge in [0.25, 0.3) is 0 Å². The third-order valence-electron chi connectivity index (χ3n) is 5.02. The Morgan fingerprint density at radius 3 is 2.46 bits per heavy atom. The van der Waals surface area contributed by atoms with E-state index >= 15 is 0 Å². The summed E-state index contributed by atoms with van der Waals surface area (Å²) in [5, 5.41) is 19.0. The average molecular weight is 338 g/mol. The van der Waals surface area contributed by atoms with Crippen molar-refractivity contribution in [1.29, 1.82) is 0 Å². The second-order valence-corrected chi connectivity index (χ2v) is 7.06. The highest BCUT2D eigenvalue weighted by Gasteiger charge is 2.33. The fraction of sp³-hybridized carbons (Fsp3) is 0.800. The van der Waals surface area contributed by atoms with E-state index in [1.807, 2.05) is 6.08 Å². The summed E-state index contributed by atoms with van der Waals surface area (Å²) >= 11 is 0. The average Bonchev–Trinajstić information content (AvgIpc) is 2.91. The lowest BCUT2D eigenvalue weighted by Gasteiger charge is -2.23. The van der Waals surface area contributed by atoms with E-state index in [-0.39, 0.29) is 24.0 Å². The summed E-state index contributed by atoms with van der Waals surface area (Å²) in [7, 11) is 0. The molecule has 0 amide bonds. The molecule has 0 spiro atoms. The number of hydrogen-bond donors (Lipinski definition) is 2. The molecule has 24 heavy (non-hydrogen) atoms. The third kappa shape index (κ3) is 8.09. The second kappa shape index (κ2) is 12.2. The van der Waals surface area contributed by atoms with Gasteiger partial charge in [0, 0.05) is 18.3 Å². The van der Waals surface area contributed by atoms with Crippen molar-refractivity contribution in [3.05, 3.63) is 12.2 Å². The lowest BCUT2D eigenvalue weighted by Crippen LogP contribution is -2.27. The molecule has 0 aromatic carbocycles. The molecule has 1 rings (SSSR count). The number of aliphatic hydroxyl groups is 1. The highest BCUT2D eigenvalue weighted by atomic mass is 16.4. The predicted molar refractivity (Wildman–Crippen MR) is 95.8 cm³/mol. The molecule has 1 aliphatic carbocycles. The van der Waals surface area contributed by atoms with E-state index in [1.54, 1.807) is 6.08 Å². The van der Waals surface area contributed by atoms with Crippen LogP contribution in [0.25, 0.3) is 0 Å². The van der Waals surface area contributed by atoms with Crippen molar-refractivity contribution in [3.63, 3.8) is 0 Å². The number of rotatable bonds is 14. The highest BCUT2D eigenvalue weighted by Crippen LogP contribution is 2.32. The lowest BCUT2D eigenvalue weighted by molar-refractivity contribution is -0.137. The molecule has 4 heteroatoms. The largest absolute Gasteiger partial charge is 0.481 e. The van der Waals surface area contributed by atoms with Gasteiger partial charge in [-0.15, -0.1) is 0 Å². The van der Waals surface area contributed by atoms with Crippen molar-refractivity contribution < 1.29 is 19.8 Å². The van der Waals surface area contributed by atoms with Crippen LogP contribution in [0.15, 0.2) is 12.2 Å². The van der Waals surface area contributed by atoms with Gasteiger partial charge < -0.3 is 10.2 Å². The molecule has 3 unspecified atom stereocenters. The summed E-state index contributed by atoms with van der Waals surface area (Å²) in [5.74, 6) is -0.694. The van der Waals surface area contributed by atoms with Crippen molar-refractivity contribution in [2.45, 2.75) is 90.1 Å². The first-order valence-electron chi connectivity index (χ1n) is 9.68. The zero-order valence-corrected chi connectivity index (χ0v) is 15.1. The van der Waals surface area contributed by atoms with Gasteiger partial charge in [0.15, 0.2) is 5.78 Å². The number of ketones is 1. The van der Waals surface area contributed by atoms with Crippen LogP contribution in [0.5, 0.6) is 0 Å². The number of carboxylic acid groups (broad SMARTS) is 1. The first kappa shape index (κ1) is 20.9. The molecule has 0 aliphatic heterocycles. The van der Waals surface area contributed by atoms with Gasteiger partial charge in [0.05, 0.1) is 6.10 Å². The van der Waals surface area contributed by atoms with Gasteiger partial charge in [-0.1, -0.05) is 64.4 Å². The number of carbonyl (C=O) groups is 2. The maximum Gasteiger partial charge on any atom is 0.303 e.